The van der Waals surface area contributed by atoms with Gasteiger partial charge in [-0.1, -0.05) is 44.9 Å². The van der Waals surface area contributed by atoms with Gasteiger partial charge in [0.2, 0.25) is 0 Å². The molecule has 1 heterocycles. The zero-order valence-corrected chi connectivity index (χ0v) is 18.2. The molecule has 1 aromatic carbocycles. The van der Waals surface area contributed by atoms with E-state index in [1.54, 1.807) is 18.2 Å². The van der Waals surface area contributed by atoms with E-state index in [1.807, 2.05) is 0 Å². The second-order valence-electron chi connectivity index (χ2n) is 8.05. The maximum absolute atomic E-state index is 12.1. The highest BCUT2D eigenvalue weighted by Crippen LogP contribution is 2.29. The normalized spacial score (nSPS) is 11.3. The number of phenols is 1. The van der Waals surface area contributed by atoms with Gasteiger partial charge in [-0.15, -0.1) is 0 Å². The highest BCUT2D eigenvalue weighted by atomic mass is 16.5. The summed E-state index contributed by atoms with van der Waals surface area (Å²) in [6.45, 7) is 0. The SMILES string of the molecule is COC(=O)CCCCCCCCCCCc1cc(=O)cc2oc3cc(O)ccc3nc1-2. The molecule has 0 aromatic heterocycles. The van der Waals surface area contributed by atoms with Gasteiger partial charge in [0.05, 0.1) is 7.11 Å². The lowest BCUT2D eigenvalue weighted by Crippen LogP contribution is -2.06. The number of hydrogen-bond donors (Lipinski definition) is 1. The third-order valence-electron chi connectivity index (χ3n) is 5.58. The third kappa shape index (κ3) is 6.81. The molecule has 1 aliphatic heterocycles. The first-order chi connectivity index (χ1) is 15.1. The number of fused-ring (bicyclic) bond motifs is 2. The number of benzene rings is 2. The molecule has 0 unspecified atom stereocenters. The number of carbonyl (C=O) groups is 1. The number of aromatic hydroxyl groups is 1. The van der Waals surface area contributed by atoms with E-state index in [-0.39, 0.29) is 17.1 Å². The molecule has 0 spiro atoms. The van der Waals surface area contributed by atoms with Crippen molar-refractivity contribution in [2.24, 2.45) is 0 Å². The largest absolute Gasteiger partial charge is 0.508 e. The van der Waals surface area contributed by atoms with E-state index in [2.05, 4.69) is 9.72 Å². The van der Waals surface area contributed by atoms with Gasteiger partial charge < -0.3 is 14.3 Å². The maximum Gasteiger partial charge on any atom is 0.305 e. The van der Waals surface area contributed by atoms with Crippen LogP contribution in [0.15, 0.2) is 39.5 Å². The number of carbonyl (C=O) groups excluding carboxylic acids is 1. The lowest BCUT2D eigenvalue weighted by Gasteiger charge is -2.11. The summed E-state index contributed by atoms with van der Waals surface area (Å²) in [5, 5.41) is 9.63. The molecule has 0 saturated heterocycles. The quantitative estimate of drug-likeness (QED) is 0.230. The summed E-state index contributed by atoms with van der Waals surface area (Å²) in [6, 6.07) is 7.93. The van der Waals surface area contributed by atoms with Gasteiger partial charge in [-0.2, -0.15) is 0 Å². The van der Waals surface area contributed by atoms with Crippen molar-refractivity contribution in [2.45, 2.75) is 70.6 Å². The smallest absolute Gasteiger partial charge is 0.305 e. The Kier molecular flexibility index (Phi) is 8.44. The third-order valence-corrected chi connectivity index (χ3v) is 5.58. The number of ether oxygens (including phenoxy) is 1. The highest BCUT2D eigenvalue weighted by Gasteiger charge is 2.15. The van der Waals surface area contributed by atoms with Crippen molar-refractivity contribution in [2.75, 3.05) is 7.11 Å². The van der Waals surface area contributed by atoms with Gasteiger partial charge in [0.15, 0.2) is 16.8 Å². The predicted octanol–water partition coefficient (Wildman–Crippen LogP) is 5.61. The van der Waals surface area contributed by atoms with Gasteiger partial charge in [0.25, 0.3) is 0 Å². The van der Waals surface area contributed by atoms with Crippen molar-refractivity contribution in [3.63, 3.8) is 0 Å². The van der Waals surface area contributed by atoms with Crippen LogP contribution in [-0.4, -0.2) is 23.2 Å². The fourth-order valence-corrected chi connectivity index (χ4v) is 3.87. The summed E-state index contributed by atoms with van der Waals surface area (Å²) in [4.78, 5) is 27.8. The molecule has 3 rings (SSSR count). The molecule has 6 heteroatoms. The second-order valence-corrected chi connectivity index (χ2v) is 8.05. The first kappa shape index (κ1) is 22.8. The van der Waals surface area contributed by atoms with Crippen molar-refractivity contribution in [1.82, 2.24) is 4.98 Å². The van der Waals surface area contributed by atoms with E-state index >= 15 is 0 Å². The van der Waals surface area contributed by atoms with E-state index in [1.165, 1.54) is 51.3 Å². The first-order valence-electron chi connectivity index (χ1n) is 11.2. The van der Waals surface area contributed by atoms with Crippen LogP contribution in [0.25, 0.3) is 22.6 Å². The van der Waals surface area contributed by atoms with Crippen molar-refractivity contribution >= 4 is 17.1 Å². The van der Waals surface area contributed by atoms with Crippen molar-refractivity contribution in [3.8, 4) is 17.2 Å². The Morgan fingerprint density at radius 3 is 2.35 bits per heavy atom. The number of phenolic OH excluding ortho intramolecular Hbond substituents is 1. The molecule has 2 aliphatic rings. The molecule has 0 atom stereocenters. The molecule has 6 nitrogen and oxygen atoms in total. The van der Waals surface area contributed by atoms with Crippen molar-refractivity contribution in [1.29, 1.82) is 0 Å². The maximum atomic E-state index is 12.1. The van der Waals surface area contributed by atoms with Crippen LogP contribution >= 0.6 is 0 Å². The van der Waals surface area contributed by atoms with Crippen LogP contribution in [0, 0.1) is 0 Å². The second kappa shape index (κ2) is 11.5. The highest BCUT2D eigenvalue weighted by molar-refractivity contribution is 5.78. The van der Waals surface area contributed by atoms with Crippen molar-refractivity contribution < 1.29 is 19.1 Å². The molecule has 0 saturated carbocycles. The number of unbranched alkanes of at least 4 members (excludes halogenated alkanes) is 8. The molecule has 1 aliphatic carbocycles. The topological polar surface area (TPSA) is 89.6 Å². The Bertz CT molecular complexity index is 1030. The van der Waals surface area contributed by atoms with Gasteiger partial charge in [-0.25, -0.2) is 4.98 Å². The van der Waals surface area contributed by atoms with Gasteiger partial charge in [-0.3, -0.25) is 9.59 Å². The lowest BCUT2D eigenvalue weighted by atomic mass is 10.0. The summed E-state index contributed by atoms with van der Waals surface area (Å²) >= 11 is 0. The Morgan fingerprint density at radius 2 is 1.65 bits per heavy atom. The Balaban J connectivity index is 1.42. The molecule has 0 bridgehead atoms. The Hall–Kier alpha value is -2.89. The monoisotopic (exact) mass is 425 g/mol. The molecule has 0 radical (unpaired) electrons. The van der Waals surface area contributed by atoms with Crippen LogP contribution in [0.2, 0.25) is 0 Å². The van der Waals surface area contributed by atoms with Crippen LogP contribution in [0.4, 0.5) is 0 Å². The van der Waals surface area contributed by atoms with Crippen molar-refractivity contribution in [3.05, 3.63) is 46.1 Å². The van der Waals surface area contributed by atoms with Crippen LogP contribution < -0.4 is 5.43 Å². The minimum Gasteiger partial charge on any atom is -0.508 e. The summed E-state index contributed by atoms with van der Waals surface area (Å²) in [6.07, 6.45) is 11.4. The van der Waals surface area contributed by atoms with E-state index in [0.29, 0.717) is 23.3 Å². The standard InChI is InChI=1S/C25H31NO5/c1-30-24(29)12-10-8-6-4-2-3-5-7-9-11-18-15-20(28)17-23-25(18)26-21-14-13-19(27)16-22(21)31-23/h13-17,27H,2-12H2,1H3. The van der Waals surface area contributed by atoms with E-state index in [0.717, 1.165) is 43.4 Å². The Morgan fingerprint density at radius 1 is 0.968 bits per heavy atom. The number of aryl methyl sites for hydroxylation is 1. The summed E-state index contributed by atoms with van der Waals surface area (Å²) < 4.78 is 10.5. The van der Waals surface area contributed by atoms with Gasteiger partial charge in [0.1, 0.15) is 17.0 Å². The molecule has 1 aromatic rings. The van der Waals surface area contributed by atoms with E-state index in [9.17, 15) is 14.7 Å². The number of nitrogens with zero attached hydrogens (tertiary/aromatic N) is 1. The van der Waals surface area contributed by atoms with Crippen LogP contribution in [-0.2, 0) is 16.0 Å². The predicted molar refractivity (Wildman–Crippen MR) is 120 cm³/mol. The molecule has 0 amide bonds. The summed E-state index contributed by atoms with van der Waals surface area (Å²) in [5.41, 5.74) is 2.70. The Labute approximate surface area is 182 Å². The number of methoxy groups -OCH3 is 1. The number of hydrogen-bond acceptors (Lipinski definition) is 6. The average molecular weight is 426 g/mol. The molecule has 31 heavy (non-hydrogen) atoms. The number of esters is 1. The zero-order chi connectivity index (χ0) is 22.1. The van der Waals surface area contributed by atoms with E-state index < -0.39 is 0 Å². The molecule has 1 N–H and O–H groups in total. The van der Waals surface area contributed by atoms with Gasteiger partial charge >= 0.3 is 5.97 Å². The lowest BCUT2D eigenvalue weighted by molar-refractivity contribution is -0.140. The molecular weight excluding hydrogens is 394 g/mol. The summed E-state index contributed by atoms with van der Waals surface area (Å²) in [5.74, 6) is 0.455. The first-order valence-corrected chi connectivity index (χ1v) is 11.2. The van der Waals surface area contributed by atoms with Gasteiger partial charge in [-0.05, 0) is 43.0 Å². The molecule has 166 valence electrons. The fraction of sp³-hybridized carbons (Fsp3) is 0.480. The van der Waals surface area contributed by atoms with E-state index in [4.69, 9.17) is 4.42 Å². The summed E-state index contributed by atoms with van der Waals surface area (Å²) in [7, 11) is 1.43. The van der Waals surface area contributed by atoms with Gasteiger partial charge in [0, 0.05) is 18.6 Å². The van der Waals surface area contributed by atoms with Crippen LogP contribution in [0.1, 0.15) is 69.8 Å². The molecular formula is C25H31NO5. The zero-order valence-electron chi connectivity index (χ0n) is 18.2. The van der Waals surface area contributed by atoms with Crippen LogP contribution in [0.5, 0.6) is 5.75 Å². The fourth-order valence-electron chi connectivity index (χ4n) is 3.87. The van der Waals surface area contributed by atoms with Crippen LogP contribution in [0.3, 0.4) is 0 Å². The minimum atomic E-state index is -0.119. The average Bonchev–Trinajstić information content (AvgIpc) is 2.75. The molecule has 0 fully saturated rings. The minimum absolute atomic E-state index is 0.0836. The number of aromatic nitrogens is 1. The number of rotatable bonds is 12.